The van der Waals surface area contributed by atoms with Crippen LogP contribution in [0.2, 0.25) is 0 Å². The summed E-state index contributed by atoms with van der Waals surface area (Å²) in [5.74, 6) is -8.47. The number of carboxylic acid groups (broad SMARTS) is 4. The molecule has 4 aromatic rings. The molecule has 11 N–H and O–H groups in total. The highest BCUT2D eigenvalue weighted by Crippen LogP contribution is 2.44. The number of hydroxylamine groups is 2. The van der Waals surface area contributed by atoms with Gasteiger partial charge in [-0.1, -0.05) is 12.1 Å². The number of rotatable bonds is 14. The van der Waals surface area contributed by atoms with Crippen molar-refractivity contribution in [2.24, 2.45) is 0 Å². The van der Waals surface area contributed by atoms with Gasteiger partial charge in [0.2, 0.25) is 12.6 Å². The van der Waals surface area contributed by atoms with Crippen LogP contribution in [-0.2, 0) is 43.2 Å². The molecule has 3 heterocycles. The van der Waals surface area contributed by atoms with Crippen molar-refractivity contribution in [2.75, 3.05) is 6.54 Å². The molecule has 9 rings (SSSR count). The van der Waals surface area contributed by atoms with Gasteiger partial charge in [-0.3, -0.25) is 43.2 Å². The summed E-state index contributed by atoms with van der Waals surface area (Å²) in [7, 11) is 0. The fraction of sp³-hybridized carbons (Fsp3) is 0.0909. The zero-order chi connectivity index (χ0) is 58.5. The van der Waals surface area contributed by atoms with Crippen LogP contribution < -0.4 is 16.2 Å². The van der Waals surface area contributed by atoms with E-state index < -0.39 is 53.4 Å². The van der Waals surface area contributed by atoms with E-state index >= 15 is 0 Å². The largest absolute Gasteiger partial charge is 0.508 e. The molecule has 82 heavy (non-hydrogen) atoms. The van der Waals surface area contributed by atoms with Crippen molar-refractivity contribution in [2.45, 2.75) is 25.7 Å². The number of benzene rings is 6. The molecule has 422 valence electrons. The van der Waals surface area contributed by atoms with E-state index in [0.29, 0.717) is 43.7 Å². The summed E-state index contributed by atoms with van der Waals surface area (Å²) in [5.41, 5.74) is 1.98. The number of hydrogen-bond donors (Lipinski definition) is 7. The monoisotopic (exact) mass is 1130 g/mol. The van der Waals surface area contributed by atoms with Gasteiger partial charge in [0.25, 0.3) is 17.7 Å². The molecule has 1 saturated heterocycles. The third kappa shape index (κ3) is 14.9. The lowest BCUT2D eigenvalue weighted by molar-refractivity contribution is -0.195. The predicted molar refractivity (Wildman–Crippen MR) is 280 cm³/mol. The van der Waals surface area contributed by atoms with Crippen LogP contribution in [0, 0.1) is 0 Å². The van der Waals surface area contributed by atoms with Crippen molar-refractivity contribution in [1.29, 1.82) is 0 Å². The number of Topliss-reactive ketones (excluding diaryl/α,β-unsaturated/α-hetero) is 1. The summed E-state index contributed by atoms with van der Waals surface area (Å²) in [6, 6.07) is 25.1. The Morgan fingerprint density at radius 1 is 0.537 bits per heavy atom. The highest BCUT2D eigenvalue weighted by Gasteiger charge is 2.33. The molecule has 0 saturated carbocycles. The van der Waals surface area contributed by atoms with Gasteiger partial charge in [0, 0.05) is 88.7 Å². The molecule has 3 aliphatic heterocycles. The molecule has 4 aromatic carbocycles. The Hall–Kier alpha value is -11.6. The number of phenolic OH excluding ortho intramolecular Hbond substituents is 2. The molecule has 1 fully saturated rings. The second-order valence-electron chi connectivity index (χ2n) is 16.6. The summed E-state index contributed by atoms with van der Waals surface area (Å²) in [6.07, 6.45) is 0.258. The van der Waals surface area contributed by atoms with Gasteiger partial charge >= 0.3 is 29.8 Å². The number of amides is 3. The van der Waals surface area contributed by atoms with Crippen LogP contribution in [0.25, 0.3) is 66.8 Å². The Balaban J connectivity index is 0.000000273. The molecule has 27 heteroatoms. The lowest BCUT2D eigenvalue weighted by Gasteiger charge is -2.17. The maximum absolute atomic E-state index is 12.5. The molecule has 5 aliphatic rings. The zero-order valence-corrected chi connectivity index (χ0v) is 41.7. The molecule has 0 unspecified atom stereocenters. The van der Waals surface area contributed by atoms with E-state index in [9.17, 15) is 83.1 Å². The minimum atomic E-state index is -1.43. The summed E-state index contributed by atoms with van der Waals surface area (Å²) in [5, 5.41) is 59.8. The second-order valence-corrected chi connectivity index (χ2v) is 16.6. The number of aldehydes is 3. The molecule has 2 aliphatic carbocycles. The summed E-state index contributed by atoms with van der Waals surface area (Å²) >= 11 is 0. The van der Waals surface area contributed by atoms with E-state index in [4.69, 9.17) is 23.5 Å². The smallest absolute Gasteiger partial charge is 0.396 e. The zero-order valence-electron chi connectivity index (χ0n) is 41.7. The fourth-order valence-corrected chi connectivity index (χ4v) is 7.85. The first kappa shape index (κ1) is 63.0. The number of imide groups is 1. The standard InChI is InChI=1S/C26H19NO8.C21H12O7.C6H5NO5.C2H2O3.2H2O/c28-13-17(31)2-1-9-27-25(32)14-3-6-18(21(10-14)26(33)34)24-19-7-4-15(29)11-22(19)35-23-12-16(30)5-8-20(23)24;22-11-2-5-14-17(8-11)28-18-9-12(23)3-6-15(18)19(14)13-4-1-10(20(24)25)7-16(13)21(26)27;8-3-6(11)12-7-4(9)1-2-5(7)10;3-1-2(4)5;;/h3-8,10-13,29H,1-2,9H2,(H,27,32)(H,33,34);1-9,22H,(H,24,25)(H,26,27);3H,1-2H2;1H,(H,4,5);2*1H2. The quantitative estimate of drug-likeness (QED) is 0.0270. The first-order chi connectivity index (χ1) is 38.0. The predicted octanol–water partition coefficient (Wildman–Crippen LogP) is 3.33. The Bertz CT molecular complexity index is 3910. The van der Waals surface area contributed by atoms with Gasteiger partial charge in [-0.2, -0.15) is 0 Å². The number of carbonyl (C=O) groups excluding carboxylic acids is 8. The van der Waals surface area contributed by atoms with Crippen LogP contribution in [-0.4, -0.2) is 125 Å². The number of nitrogens with one attached hydrogen (secondary N) is 1. The van der Waals surface area contributed by atoms with Crippen molar-refractivity contribution in [3.05, 3.63) is 152 Å². The van der Waals surface area contributed by atoms with E-state index in [0.717, 1.165) is 6.07 Å². The molecule has 0 atom stereocenters. The third-order valence-electron chi connectivity index (χ3n) is 11.3. The minimum absolute atomic E-state index is 0. The number of phenols is 2. The number of fused-ring (bicyclic) bond motifs is 4. The number of aromatic hydroxyl groups is 2. The number of carboxylic acids is 4. The van der Waals surface area contributed by atoms with Crippen molar-refractivity contribution in [1.82, 2.24) is 10.4 Å². The highest BCUT2D eigenvalue weighted by molar-refractivity contribution is 6.25. The average molecular weight is 1130 g/mol. The third-order valence-corrected chi connectivity index (χ3v) is 11.3. The van der Waals surface area contributed by atoms with Gasteiger partial charge in [-0.05, 0) is 90.3 Å². The molecule has 0 aromatic heterocycles. The Morgan fingerprint density at radius 3 is 1.39 bits per heavy atom. The van der Waals surface area contributed by atoms with E-state index in [-0.39, 0.29) is 135 Å². The van der Waals surface area contributed by atoms with Crippen LogP contribution in [0.15, 0.2) is 128 Å². The van der Waals surface area contributed by atoms with Gasteiger partial charge in [-0.15, -0.1) is 5.06 Å². The first-order valence-electron chi connectivity index (χ1n) is 22.9. The Kier molecular flexibility index (Phi) is 21.2. The lowest BCUT2D eigenvalue weighted by atomic mass is 9.90. The second kappa shape index (κ2) is 27.6. The van der Waals surface area contributed by atoms with Crippen LogP contribution in [0.3, 0.4) is 0 Å². The summed E-state index contributed by atoms with van der Waals surface area (Å²) in [6.45, 7) is 0.138. The number of nitrogens with zero attached hydrogens (tertiary/aromatic N) is 1. The van der Waals surface area contributed by atoms with Gasteiger partial charge in [0.05, 0.1) is 16.7 Å². The van der Waals surface area contributed by atoms with Crippen LogP contribution in [0.4, 0.5) is 0 Å². The summed E-state index contributed by atoms with van der Waals surface area (Å²) < 4.78 is 11.5. The van der Waals surface area contributed by atoms with Gasteiger partial charge in [-0.25, -0.2) is 24.0 Å². The SMILES string of the molecule is O.O.O=C(O)c1ccc(-c2c3ccc(=O)cc-3oc3cc(O)ccc23)c(C(=O)O)c1.O=CC(=O)CCCNC(=O)c1ccc(-c2c3ccc(=O)cc-3oc3cc(O)ccc23)c(C(=O)O)c1.O=CC(=O)O.O=CC(=O)ON1C(=O)CCC1=O. The average Bonchev–Trinajstić information content (AvgIpc) is 3.25. The lowest BCUT2D eigenvalue weighted by Crippen LogP contribution is -2.32. The number of hydrogen-bond acceptors (Lipinski definition) is 19. The Labute approximate surface area is 456 Å². The molecule has 0 bridgehead atoms. The number of ketones is 1. The summed E-state index contributed by atoms with van der Waals surface area (Å²) in [4.78, 5) is 157. The van der Waals surface area contributed by atoms with E-state index in [2.05, 4.69) is 10.2 Å². The molecule has 0 radical (unpaired) electrons. The van der Waals surface area contributed by atoms with Crippen LogP contribution in [0.1, 0.15) is 67.1 Å². The Morgan fingerprint density at radius 2 is 0.976 bits per heavy atom. The van der Waals surface area contributed by atoms with Gasteiger partial charge in [0.15, 0.2) is 22.9 Å². The highest BCUT2D eigenvalue weighted by atomic mass is 16.7. The number of carbonyl (C=O) groups is 12. The van der Waals surface area contributed by atoms with Crippen molar-refractivity contribution in [3.8, 4) is 56.4 Å². The van der Waals surface area contributed by atoms with Crippen LogP contribution in [0.5, 0.6) is 11.5 Å². The van der Waals surface area contributed by atoms with Gasteiger partial charge in [0.1, 0.15) is 34.2 Å². The van der Waals surface area contributed by atoms with E-state index in [1.54, 1.807) is 12.1 Å². The van der Waals surface area contributed by atoms with Crippen LogP contribution >= 0.6 is 0 Å². The molecule has 27 nitrogen and oxygen atoms in total. The number of aliphatic carboxylic acids is 1. The normalized spacial score (nSPS) is 11.2. The first-order valence-corrected chi connectivity index (χ1v) is 22.9. The topological polar surface area (TPSA) is 474 Å². The minimum Gasteiger partial charge on any atom is -0.508 e. The molecule has 0 spiro atoms. The molecule has 3 amide bonds. The van der Waals surface area contributed by atoms with E-state index in [1.807, 2.05) is 0 Å². The number of aromatic carboxylic acids is 3. The maximum atomic E-state index is 12.5. The van der Waals surface area contributed by atoms with Crippen molar-refractivity contribution < 1.29 is 113 Å². The van der Waals surface area contributed by atoms with E-state index in [1.165, 1.54) is 91.0 Å². The van der Waals surface area contributed by atoms with Gasteiger partial charge < -0.3 is 60.6 Å². The molecular formula is C55H42N2O25. The van der Waals surface area contributed by atoms with Crippen molar-refractivity contribution in [3.63, 3.8) is 0 Å². The van der Waals surface area contributed by atoms with Crippen molar-refractivity contribution >= 4 is 94.1 Å². The molecular weight excluding hydrogens is 1090 g/mol. The maximum Gasteiger partial charge on any atom is 0.396 e. The fourth-order valence-electron chi connectivity index (χ4n) is 7.85.